The van der Waals surface area contributed by atoms with Gasteiger partial charge in [-0.2, -0.15) is 23.3 Å². The fraction of sp³-hybridized carbons (Fsp3) is 0.514. The van der Waals surface area contributed by atoms with Crippen LogP contribution in [0.25, 0.3) is 32.9 Å². The summed E-state index contributed by atoms with van der Waals surface area (Å²) in [5.41, 5.74) is 4.83. The highest BCUT2D eigenvalue weighted by molar-refractivity contribution is 6.06. The van der Waals surface area contributed by atoms with Crippen molar-refractivity contribution in [1.29, 1.82) is 0 Å². The predicted octanol–water partition coefficient (Wildman–Crippen LogP) is 5.71. The average molecular weight is 687 g/mol. The number of nitrogens with one attached hydrogen (secondary N) is 2. The molecule has 4 saturated heterocycles. The Morgan fingerprint density at radius 1 is 1.04 bits per heavy atom. The van der Waals surface area contributed by atoms with Crippen molar-refractivity contribution in [1.82, 2.24) is 30.4 Å². The SMILES string of the molecule is C=CC(=O)N1CC2(CCN(c3nc(N4CC5(CCNC5)C4)nc4c(OCC(F)(F)F)c(-c5c(C)ccc6[nH]ncc56)c(C5CC5)cc34)CC2)C1. The molecule has 2 aromatic carbocycles. The van der Waals surface area contributed by atoms with Crippen LogP contribution in [0.5, 0.6) is 5.75 Å². The van der Waals surface area contributed by atoms with E-state index in [-0.39, 0.29) is 28.4 Å². The van der Waals surface area contributed by atoms with E-state index >= 15 is 0 Å². The molecule has 0 radical (unpaired) electrons. The smallest absolute Gasteiger partial charge is 0.422 e. The third kappa shape index (κ3) is 5.27. The Labute approximate surface area is 288 Å². The molecule has 262 valence electrons. The number of H-pyrrole nitrogens is 1. The standard InChI is InChI=1S/C37H41F3N8O2/c1-3-28(49)47-17-35(18-47)9-12-46(13-10-35)33-25-14-24(23-5-6-23)30(29-22(2)4-7-27-26(29)15-42-45-27)32(50-21-37(38,39)40)31(25)43-34(44-33)48-19-36(20-48)8-11-41-16-36/h3-4,7,14-15,23,41H,1,5-6,8-13,16-21H2,2H3,(H,42,45). The number of aryl methyl sites for hydroxylation is 1. The molecule has 1 saturated carbocycles. The molecule has 0 atom stereocenters. The van der Waals surface area contributed by atoms with Crippen LogP contribution in [0.4, 0.5) is 24.9 Å². The van der Waals surface area contributed by atoms with Crippen LogP contribution in [-0.2, 0) is 4.79 Å². The first-order valence-corrected chi connectivity index (χ1v) is 17.7. The molecule has 0 unspecified atom stereocenters. The molecule has 2 aromatic heterocycles. The van der Waals surface area contributed by atoms with Crippen LogP contribution >= 0.6 is 0 Å². The molecule has 4 aromatic rings. The summed E-state index contributed by atoms with van der Waals surface area (Å²) in [6, 6.07) is 6.06. The highest BCUT2D eigenvalue weighted by atomic mass is 19.4. The summed E-state index contributed by atoms with van der Waals surface area (Å²) in [6.07, 6.45) is 3.32. The Morgan fingerprint density at radius 3 is 2.50 bits per heavy atom. The number of rotatable bonds is 7. The van der Waals surface area contributed by atoms with Crippen molar-refractivity contribution in [2.75, 3.05) is 68.8 Å². The topological polar surface area (TPSA) is 103 Å². The molecule has 6 heterocycles. The van der Waals surface area contributed by atoms with E-state index in [2.05, 4.69) is 38.0 Å². The minimum atomic E-state index is -4.54. The lowest BCUT2D eigenvalue weighted by molar-refractivity contribution is -0.153. The van der Waals surface area contributed by atoms with E-state index in [9.17, 15) is 18.0 Å². The van der Waals surface area contributed by atoms with E-state index in [1.807, 2.05) is 24.0 Å². The molecule has 10 nitrogen and oxygen atoms in total. The molecule has 5 aliphatic rings. The maximum atomic E-state index is 14.0. The number of hydrogen-bond acceptors (Lipinski definition) is 8. The first-order chi connectivity index (χ1) is 24.0. The second-order valence-corrected chi connectivity index (χ2v) is 15.3. The number of piperidine rings is 1. The number of halogens is 3. The Kier molecular flexibility index (Phi) is 7.14. The molecular weight excluding hydrogens is 645 g/mol. The summed E-state index contributed by atoms with van der Waals surface area (Å²) >= 11 is 0. The lowest BCUT2D eigenvalue weighted by Crippen LogP contribution is -2.61. The van der Waals surface area contributed by atoms with Gasteiger partial charge in [0, 0.05) is 73.0 Å². The zero-order chi connectivity index (χ0) is 34.4. The zero-order valence-corrected chi connectivity index (χ0v) is 28.2. The number of amides is 1. The number of alkyl halides is 3. The Balaban J connectivity index is 1.21. The Bertz CT molecular complexity index is 2010. The number of carbonyl (C=O) groups is 1. The lowest BCUT2D eigenvalue weighted by Gasteiger charge is -2.54. The van der Waals surface area contributed by atoms with Gasteiger partial charge in [-0.1, -0.05) is 12.6 Å². The maximum absolute atomic E-state index is 14.0. The first-order valence-electron chi connectivity index (χ1n) is 17.7. The molecule has 2 spiro atoms. The predicted molar refractivity (Wildman–Crippen MR) is 186 cm³/mol. The van der Waals surface area contributed by atoms with Gasteiger partial charge < -0.3 is 24.8 Å². The van der Waals surface area contributed by atoms with Gasteiger partial charge >= 0.3 is 6.18 Å². The summed E-state index contributed by atoms with van der Waals surface area (Å²) in [7, 11) is 0. The second kappa shape index (κ2) is 11.3. The maximum Gasteiger partial charge on any atom is 0.422 e. The average Bonchev–Trinajstić information content (AvgIpc) is 3.58. The summed E-state index contributed by atoms with van der Waals surface area (Å²) in [5, 5.41) is 12.4. The highest BCUT2D eigenvalue weighted by Crippen LogP contribution is 2.54. The fourth-order valence-electron chi connectivity index (χ4n) is 8.87. The number of carbonyl (C=O) groups excluding carboxylic acids is 1. The van der Waals surface area contributed by atoms with Crippen molar-refractivity contribution in [3.63, 3.8) is 0 Å². The number of anilines is 2. The van der Waals surface area contributed by atoms with Gasteiger partial charge in [0.1, 0.15) is 11.3 Å². The van der Waals surface area contributed by atoms with Crippen molar-refractivity contribution in [3.8, 4) is 16.9 Å². The summed E-state index contributed by atoms with van der Waals surface area (Å²) in [6.45, 7) is 10.6. The Hall–Kier alpha value is -4.39. The number of aromatic amines is 1. The molecule has 13 heteroatoms. The second-order valence-electron chi connectivity index (χ2n) is 15.3. The van der Waals surface area contributed by atoms with Gasteiger partial charge in [-0.05, 0) is 86.4 Å². The number of likely N-dealkylation sites (tertiary alicyclic amines) is 1. The number of ether oxygens (including phenoxy) is 1. The lowest BCUT2D eigenvalue weighted by atomic mass is 9.72. The minimum Gasteiger partial charge on any atom is -0.481 e. The van der Waals surface area contributed by atoms with Crippen molar-refractivity contribution < 1.29 is 22.7 Å². The van der Waals surface area contributed by atoms with Gasteiger partial charge in [0.25, 0.3) is 0 Å². The summed E-state index contributed by atoms with van der Waals surface area (Å²) < 4.78 is 48.0. The van der Waals surface area contributed by atoms with Crippen LogP contribution in [0.2, 0.25) is 0 Å². The zero-order valence-electron chi connectivity index (χ0n) is 28.2. The van der Waals surface area contributed by atoms with Gasteiger partial charge in [-0.3, -0.25) is 9.89 Å². The van der Waals surface area contributed by atoms with Crippen molar-refractivity contribution in [3.05, 3.63) is 48.2 Å². The third-order valence-electron chi connectivity index (χ3n) is 11.8. The molecular formula is C37H41F3N8O2. The number of aromatic nitrogens is 4. The van der Waals surface area contributed by atoms with Crippen LogP contribution in [-0.4, -0.2) is 96.1 Å². The van der Waals surface area contributed by atoms with Gasteiger partial charge in [0.15, 0.2) is 12.4 Å². The molecule has 2 N–H and O–H groups in total. The van der Waals surface area contributed by atoms with Crippen LogP contribution in [0.15, 0.2) is 37.1 Å². The highest BCUT2D eigenvalue weighted by Gasteiger charge is 2.48. The van der Waals surface area contributed by atoms with E-state index in [1.54, 1.807) is 6.20 Å². The number of benzene rings is 2. The molecule has 9 rings (SSSR count). The monoisotopic (exact) mass is 686 g/mol. The van der Waals surface area contributed by atoms with E-state index in [4.69, 9.17) is 14.7 Å². The largest absolute Gasteiger partial charge is 0.481 e. The van der Waals surface area contributed by atoms with Crippen molar-refractivity contribution in [2.24, 2.45) is 10.8 Å². The summed E-state index contributed by atoms with van der Waals surface area (Å²) in [5.74, 6) is 1.58. The van der Waals surface area contributed by atoms with E-state index in [0.29, 0.717) is 17.0 Å². The normalized spacial score (nSPS) is 21.2. The molecule has 0 bridgehead atoms. The van der Waals surface area contributed by atoms with E-state index in [0.717, 1.165) is 123 Å². The summed E-state index contributed by atoms with van der Waals surface area (Å²) in [4.78, 5) is 28.8. The van der Waals surface area contributed by atoms with Gasteiger partial charge in [-0.15, -0.1) is 0 Å². The van der Waals surface area contributed by atoms with Gasteiger partial charge in [0.05, 0.1) is 11.7 Å². The van der Waals surface area contributed by atoms with Crippen LogP contribution in [0, 0.1) is 17.8 Å². The quantitative estimate of drug-likeness (QED) is 0.239. The molecule has 1 aliphatic carbocycles. The number of fused-ring (bicyclic) bond motifs is 2. The molecule has 50 heavy (non-hydrogen) atoms. The van der Waals surface area contributed by atoms with Gasteiger partial charge in [0.2, 0.25) is 11.9 Å². The first kappa shape index (κ1) is 31.6. The van der Waals surface area contributed by atoms with Crippen molar-refractivity contribution in [2.45, 2.75) is 51.1 Å². The molecule has 4 aliphatic heterocycles. The van der Waals surface area contributed by atoms with E-state index < -0.39 is 12.8 Å². The van der Waals surface area contributed by atoms with Crippen molar-refractivity contribution >= 4 is 39.5 Å². The van der Waals surface area contributed by atoms with E-state index in [1.165, 1.54) is 6.08 Å². The number of nitrogens with zero attached hydrogens (tertiary/aromatic N) is 6. The molecule has 5 fully saturated rings. The Morgan fingerprint density at radius 2 is 1.82 bits per heavy atom. The minimum absolute atomic E-state index is 0.0366. The van der Waals surface area contributed by atoms with Crippen LogP contribution in [0.1, 0.15) is 49.1 Å². The molecule has 1 amide bonds. The van der Waals surface area contributed by atoms with Crippen LogP contribution < -0.4 is 19.9 Å². The van der Waals surface area contributed by atoms with Gasteiger partial charge in [-0.25, -0.2) is 4.98 Å². The third-order valence-corrected chi connectivity index (χ3v) is 11.8. The number of hydrogen-bond donors (Lipinski definition) is 2. The van der Waals surface area contributed by atoms with Crippen LogP contribution in [0.3, 0.4) is 0 Å². The fourth-order valence-corrected chi connectivity index (χ4v) is 8.87.